The quantitative estimate of drug-likeness (QED) is 0.933. The van der Waals surface area contributed by atoms with Gasteiger partial charge in [0, 0.05) is 36.6 Å². The Balaban J connectivity index is 2.14. The molecule has 2 rings (SSSR count). The highest BCUT2D eigenvalue weighted by atomic mass is 35.5. The lowest BCUT2D eigenvalue weighted by molar-refractivity contribution is -0.126. The molecule has 1 fully saturated rings. The molecule has 0 unspecified atom stereocenters. The van der Waals surface area contributed by atoms with Crippen LogP contribution in [0.5, 0.6) is 0 Å². The highest BCUT2D eigenvalue weighted by Crippen LogP contribution is 2.32. The fourth-order valence-corrected chi connectivity index (χ4v) is 2.99. The highest BCUT2D eigenvalue weighted by molar-refractivity contribution is 6.31. The fraction of sp³-hybridized carbons (Fsp3) is 0.467. The Morgan fingerprint density at radius 2 is 2.19 bits per heavy atom. The van der Waals surface area contributed by atoms with E-state index in [1.807, 2.05) is 4.90 Å². The molecule has 4 nitrogen and oxygen atoms in total. The lowest BCUT2D eigenvalue weighted by Crippen LogP contribution is -2.41. The number of rotatable bonds is 3. The van der Waals surface area contributed by atoms with Crippen LogP contribution in [0.15, 0.2) is 18.2 Å². The fourth-order valence-electron chi connectivity index (χ4n) is 2.72. The summed E-state index contributed by atoms with van der Waals surface area (Å²) in [4.78, 5) is 13.5. The zero-order valence-electron chi connectivity index (χ0n) is 11.8. The summed E-state index contributed by atoms with van der Waals surface area (Å²) in [5.74, 6) is -0.490. The molecule has 0 radical (unpaired) electrons. The first-order valence-corrected chi connectivity index (χ1v) is 7.25. The van der Waals surface area contributed by atoms with Crippen molar-refractivity contribution in [3.8, 4) is 6.07 Å². The SMILES string of the molecule is CNC(=O)C1CCN([C@H](C#N)c2c(F)cccc2Cl)CC1. The van der Waals surface area contributed by atoms with Crippen molar-refractivity contribution in [1.82, 2.24) is 10.2 Å². The molecule has 112 valence electrons. The van der Waals surface area contributed by atoms with Gasteiger partial charge < -0.3 is 5.32 Å². The summed E-state index contributed by atoms with van der Waals surface area (Å²) >= 11 is 6.04. The molecule has 1 saturated heterocycles. The summed E-state index contributed by atoms with van der Waals surface area (Å²) < 4.78 is 14.0. The van der Waals surface area contributed by atoms with E-state index in [1.165, 1.54) is 12.1 Å². The topological polar surface area (TPSA) is 56.1 Å². The van der Waals surface area contributed by atoms with Crippen LogP contribution in [0, 0.1) is 23.1 Å². The van der Waals surface area contributed by atoms with Crippen molar-refractivity contribution in [3.05, 3.63) is 34.6 Å². The van der Waals surface area contributed by atoms with Gasteiger partial charge >= 0.3 is 0 Å². The monoisotopic (exact) mass is 309 g/mol. The van der Waals surface area contributed by atoms with E-state index in [2.05, 4.69) is 11.4 Å². The molecule has 1 aromatic carbocycles. The predicted molar refractivity (Wildman–Crippen MR) is 78.1 cm³/mol. The third kappa shape index (κ3) is 3.34. The second-order valence-corrected chi connectivity index (χ2v) is 5.50. The number of carbonyl (C=O) groups is 1. The van der Waals surface area contributed by atoms with Crippen molar-refractivity contribution >= 4 is 17.5 Å². The smallest absolute Gasteiger partial charge is 0.222 e. The first kappa shape index (κ1) is 15.7. The first-order chi connectivity index (χ1) is 10.1. The molecule has 0 aliphatic carbocycles. The average molecular weight is 310 g/mol. The number of halogens is 2. The van der Waals surface area contributed by atoms with Crippen LogP contribution >= 0.6 is 11.6 Å². The van der Waals surface area contributed by atoms with Crippen LogP contribution in [0.3, 0.4) is 0 Å². The van der Waals surface area contributed by atoms with E-state index in [4.69, 9.17) is 11.6 Å². The Labute approximate surface area is 128 Å². The number of likely N-dealkylation sites (tertiary alicyclic amines) is 1. The normalized spacial score (nSPS) is 18.0. The Bertz CT molecular complexity index is 544. The van der Waals surface area contributed by atoms with Gasteiger partial charge in [-0.3, -0.25) is 9.69 Å². The molecule has 0 aromatic heterocycles. The van der Waals surface area contributed by atoms with Crippen molar-refractivity contribution in [3.63, 3.8) is 0 Å². The molecular weight excluding hydrogens is 293 g/mol. The number of amides is 1. The Morgan fingerprint density at radius 1 is 1.52 bits per heavy atom. The molecule has 6 heteroatoms. The molecule has 1 heterocycles. The van der Waals surface area contributed by atoms with E-state index < -0.39 is 11.9 Å². The standard InChI is InChI=1S/C15H17ClFN3O/c1-19-15(21)10-5-7-20(8-6-10)13(9-18)14-11(16)3-2-4-12(14)17/h2-4,10,13H,5-8H2,1H3,(H,19,21)/t13-/m1/s1. The lowest BCUT2D eigenvalue weighted by Gasteiger charge is -2.34. The second-order valence-electron chi connectivity index (χ2n) is 5.09. The highest BCUT2D eigenvalue weighted by Gasteiger charge is 2.31. The molecule has 1 aromatic rings. The Morgan fingerprint density at radius 3 is 2.71 bits per heavy atom. The molecular formula is C15H17ClFN3O. The number of hydrogen-bond donors (Lipinski definition) is 1. The second kappa shape index (κ2) is 6.88. The van der Waals surface area contributed by atoms with Crippen LogP contribution in [-0.2, 0) is 4.79 Å². The van der Waals surface area contributed by atoms with Gasteiger partial charge in [0.2, 0.25) is 5.91 Å². The van der Waals surface area contributed by atoms with Gasteiger partial charge in [-0.1, -0.05) is 17.7 Å². The Hall–Kier alpha value is -1.64. The zero-order valence-corrected chi connectivity index (χ0v) is 12.5. The summed E-state index contributed by atoms with van der Waals surface area (Å²) in [6.07, 6.45) is 1.31. The summed E-state index contributed by atoms with van der Waals surface area (Å²) in [6.45, 7) is 1.14. The molecule has 21 heavy (non-hydrogen) atoms. The van der Waals surface area contributed by atoms with Gasteiger partial charge in [0.1, 0.15) is 11.9 Å². The van der Waals surface area contributed by atoms with Crippen molar-refractivity contribution in [2.45, 2.75) is 18.9 Å². The molecule has 1 amide bonds. The number of carbonyl (C=O) groups excluding carboxylic acids is 1. The minimum absolute atomic E-state index is 0.0204. The molecule has 1 atom stereocenters. The van der Waals surface area contributed by atoms with E-state index in [0.29, 0.717) is 25.9 Å². The number of nitriles is 1. The van der Waals surface area contributed by atoms with E-state index in [-0.39, 0.29) is 22.4 Å². The van der Waals surface area contributed by atoms with Gasteiger partial charge in [0.05, 0.1) is 6.07 Å². The molecule has 0 bridgehead atoms. The summed E-state index contributed by atoms with van der Waals surface area (Å²) in [5, 5.41) is 12.3. The van der Waals surface area contributed by atoms with Crippen molar-refractivity contribution < 1.29 is 9.18 Å². The van der Waals surface area contributed by atoms with Crippen molar-refractivity contribution in [1.29, 1.82) is 5.26 Å². The van der Waals surface area contributed by atoms with Gasteiger partial charge in [-0.15, -0.1) is 0 Å². The van der Waals surface area contributed by atoms with E-state index >= 15 is 0 Å². The van der Waals surface area contributed by atoms with Gasteiger partial charge in [-0.05, 0) is 25.0 Å². The van der Waals surface area contributed by atoms with Crippen LogP contribution in [0.1, 0.15) is 24.4 Å². The summed E-state index contributed by atoms with van der Waals surface area (Å²) in [5.41, 5.74) is 0.222. The predicted octanol–water partition coefficient (Wildman–Crippen LogP) is 2.50. The minimum Gasteiger partial charge on any atom is -0.359 e. The molecule has 1 aliphatic heterocycles. The maximum Gasteiger partial charge on any atom is 0.222 e. The summed E-state index contributed by atoms with van der Waals surface area (Å²) in [6, 6.07) is 5.83. The first-order valence-electron chi connectivity index (χ1n) is 6.87. The number of piperidine rings is 1. The van der Waals surface area contributed by atoms with Crippen molar-refractivity contribution in [2.75, 3.05) is 20.1 Å². The average Bonchev–Trinajstić information content (AvgIpc) is 2.50. The van der Waals surface area contributed by atoms with Crippen LogP contribution < -0.4 is 5.32 Å². The molecule has 0 spiro atoms. The third-order valence-corrected chi connectivity index (χ3v) is 4.24. The lowest BCUT2D eigenvalue weighted by atomic mass is 9.93. The summed E-state index contributed by atoms with van der Waals surface area (Å²) in [7, 11) is 1.62. The Kier molecular flexibility index (Phi) is 5.16. The van der Waals surface area contributed by atoms with Gasteiger partial charge in [-0.25, -0.2) is 4.39 Å². The van der Waals surface area contributed by atoms with Gasteiger partial charge in [-0.2, -0.15) is 5.26 Å². The molecule has 0 saturated carbocycles. The molecule has 1 aliphatic rings. The maximum atomic E-state index is 14.0. The van der Waals surface area contributed by atoms with Crippen LogP contribution in [-0.4, -0.2) is 30.9 Å². The largest absolute Gasteiger partial charge is 0.359 e. The zero-order chi connectivity index (χ0) is 15.4. The van der Waals surface area contributed by atoms with Gasteiger partial charge in [0.25, 0.3) is 0 Å². The number of nitrogens with one attached hydrogen (secondary N) is 1. The van der Waals surface area contributed by atoms with E-state index in [0.717, 1.165) is 0 Å². The molecule has 1 N–H and O–H groups in total. The number of benzene rings is 1. The van der Waals surface area contributed by atoms with Crippen LogP contribution in [0.2, 0.25) is 5.02 Å². The third-order valence-electron chi connectivity index (χ3n) is 3.91. The minimum atomic E-state index is -0.718. The van der Waals surface area contributed by atoms with Crippen LogP contribution in [0.25, 0.3) is 0 Å². The van der Waals surface area contributed by atoms with Crippen LogP contribution in [0.4, 0.5) is 4.39 Å². The number of nitrogens with zero attached hydrogens (tertiary/aromatic N) is 2. The number of hydrogen-bond acceptors (Lipinski definition) is 3. The van der Waals surface area contributed by atoms with Gasteiger partial charge in [0.15, 0.2) is 0 Å². The van der Waals surface area contributed by atoms with E-state index in [1.54, 1.807) is 13.1 Å². The van der Waals surface area contributed by atoms with E-state index in [9.17, 15) is 14.4 Å². The van der Waals surface area contributed by atoms with Crippen molar-refractivity contribution in [2.24, 2.45) is 5.92 Å². The maximum absolute atomic E-state index is 14.0.